The van der Waals surface area contributed by atoms with Crippen molar-refractivity contribution in [1.82, 2.24) is 25.0 Å². The molecule has 0 saturated carbocycles. The molecule has 1 aromatic carbocycles. The van der Waals surface area contributed by atoms with Crippen molar-refractivity contribution in [2.24, 2.45) is 7.05 Å². The van der Waals surface area contributed by atoms with Crippen molar-refractivity contribution in [3.05, 3.63) is 36.2 Å². The molecule has 0 aliphatic heterocycles. The van der Waals surface area contributed by atoms with Crippen molar-refractivity contribution in [2.75, 3.05) is 5.32 Å². The zero-order valence-corrected chi connectivity index (χ0v) is 15.8. The summed E-state index contributed by atoms with van der Waals surface area (Å²) in [6.07, 6.45) is 2.29. The van der Waals surface area contributed by atoms with E-state index in [1.165, 1.54) is 28.7 Å². The summed E-state index contributed by atoms with van der Waals surface area (Å²) in [6.45, 7) is 4.00. The van der Waals surface area contributed by atoms with Crippen molar-refractivity contribution >= 4 is 34.1 Å². The molecular weight excluding hydrogens is 356 g/mol. The smallest absolute Gasteiger partial charge is 0.239 e. The van der Waals surface area contributed by atoms with Crippen molar-refractivity contribution in [2.45, 2.75) is 30.7 Å². The van der Waals surface area contributed by atoms with Crippen LogP contribution in [0.1, 0.15) is 18.9 Å². The van der Waals surface area contributed by atoms with Gasteiger partial charge in [-0.2, -0.15) is 0 Å². The van der Waals surface area contributed by atoms with Gasteiger partial charge in [0.05, 0.1) is 5.25 Å². The van der Waals surface area contributed by atoms with Gasteiger partial charge in [-0.25, -0.2) is 0 Å². The van der Waals surface area contributed by atoms with Crippen LogP contribution in [0, 0.1) is 6.92 Å². The first-order chi connectivity index (χ1) is 12.1. The van der Waals surface area contributed by atoms with E-state index in [-0.39, 0.29) is 11.2 Å². The standard InChI is InChI=1S/C16H18N6OS2/c1-4-12(24-16-21-17-9-22(16)3)13(23)18-15-20-19-14(25-15)11-7-5-10(2)6-8-11/h5-9,12H,4H2,1-3H3,(H,18,20,23). The molecule has 2 heterocycles. The Morgan fingerprint density at radius 1 is 1.28 bits per heavy atom. The average Bonchev–Trinajstić information content (AvgIpc) is 3.22. The number of nitrogens with one attached hydrogen (secondary N) is 1. The molecule has 0 bridgehead atoms. The molecule has 0 fully saturated rings. The molecule has 0 aliphatic carbocycles. The SMILES string of the molecule is CCC(Sc1nncn1C)C(=O)Nc1nnc(-c2ccc(C)cc2)s1. The highest BCUT2D eigenvalue weighted by Crippen LogP contribution is 2.28. The first-order valence-corrected chi connectivity index (χ1v) is 9.48. The second kappa shape index (κ2) is 7.75. The fraction of sp³-hybridized carbons (Fsp3) is 0.312. The van der Waals surface area contributed by atoms with E-state index in [4.69, 9.17) is 0 Å². The van der Waals surface area contributed by atoms with Crippen LogP contribution in [0.4, 0.5) is 5.13 Å². The lowest BCUT2D eigenvalue weighted by Gasteiger charge is -2.12. The van der Waals surface area contributed by atoms with Crippen molar-refractivity contribution < 1.29 is 4.79 Å². The van der Waals surface area contributed by atoms with Gasteiger partial charge < -0.3 is 4.57 Å². The van der Waals surface area contributed by atoms with Gasteiger partial charge in [0.15, 0.2) is 5.16 Å². The summed E-state index contributed by atoms with van der Waals surface area (Å²) in [5.41, 5.74) is 2.18. The van der Waals surface area contributed by atoms with E-state index in [0.29, 0.717) is 16.7 Å². The van der Waals surface area contributed by atoms with E-state index in [1.807, 2.05) is 45.2 Å². The van der Waals surface area contributed by atoms with Gasteiger partial charge in [-0.1, -0.05) is 59.9 Å². The predicted octanol–water partition coefficient (Wildman–Crippen LogP) is 3.15. The number of anilines is 1. The van der Waals surface area contributed by atoms with Crippen LogP contribution >= 0.6 is 23.1 Å². The second-order valence-electron chi connectivity index (χ2n) is 5.51. The van der Waals surface area contributed by atoms with Crippen LogP contribution in [0.5, 0.6) is 0 Å². The lowest BCUT2D eigenvalue weighted by atomic mass is 10.2. The summed E-state index contributed by atoms with van der Waals surface area (Å²) >= 11 is 2.75. The van der Waals surface area contributed by atoms with Gasteiger partial charge in [0.1, 0.15) is 11.3 Å². The van der Waals surface area contributed by atoms with Gasteiger partial charge in [-0.15, -0.1) is 20.4 Å². The number of nitrogens with zero attached hydrogens (tertiary/aromatic N) is 5. The second-order valence-corrected chi connectivity index (χ2v) is 7.65. The average molecular weight is 374 g/mol. The number of aromatic nitrogens is 5. The molecule has 1 atom stereocenters. The van der Waals surface area contributed by atoms with E-state index in [1.54, 1.807) is 10.9 Å². The first kappa shape index (κ1) is 17.6. The van der Waals surface area contributed by atoms with E-state index in [0.717, 1.165) is 10.6 Å². The zero-order valence-electron chi connectivity index (χ0n) is 14.1. The molecule has 2 aromatic heterocycles. The number of aryl methyl sites for hydroxylation is 2. The van der Waals surface area contributed by atoms with Crippen LogP contribution in [-0.2, 0) is 11.8 Å². The van der Waals surface area contributed by atoms with Crippen molar-refractivity contribution in [3.8, 4) is 10.6 Å². The van der Waals surface area contributed by atoms with Gasteiger partial charge in [0.2, 0.25) is 11.0 Å². The molecule has 3 rings (SSSR count). The fourth-order valence-electron chi connectivity index (χ4n) is 2.10. The third kappa shape index (κ3) is 4.23. The first-order valence-electron chi connectivity index (χ1n) is 7.79. The Kier molecular flexibility index (Phi) is 5.44. The minimum Gasteiger partial charge on any atom is -0.312 e. The van der Waals surface area contributed by atoms with Gasteiger partial charge in [-0.05, 0) is 13.3 Å². The van der Waals surface area contributed by atoms with Gasteiger partial charge in [-0.3, -0.25) is 10.1 Å². The van der Waals surface area contributed by atoms with Crippen LogP contribution in [0.2, 0.25) is 0 Å². The van der Waals surface area contributed by atoms with Crippen LogP contribution in [0.15, 0.2) is 35.7 Å². The molecule has 3 aromatic rings. The van der Waals surface area contributed by atoms with Gasteiger partial charge in [0, 0.05) is 12.6 Å². The molecule has 0 aliphatic rings. The summed E-state index contributed by atoms with van der Waals surface area (Å²) in [7, 11) is 1.85. The Hall–Kier alpha value is -2.26. The molecule has 9 heteroatoms. The fourth-order valence-corrected chi connectivity index (χ4v) is 3.75. The van der Waals surface area contributed by atoms with Crippen molar-refractivity contribution in [3.63, 3.8) is 0 Å². The van der Waals surface area contributed by atoms with Gasteiger partial charge >= 0.3 is 0 Å². The number of hydrogen-bond acceptors (Lipinski definition) is 7. The van der Waals surface area contributed by atoms with Crippen LogP contribution in [0.25, 0.3) is 10.6 Å². The third-order valence-electron chi connectivity index (χ3n) is 3.53. The summed E-state index contributed by atoms with van der Waals surface area (Å²) in [4.78, 5) is 12.5. The maximum atomic E-state index is 12.5. The molecule has 0 saturated heterocycles. The normalized spacial score (nSPS) is 12.1. The number of thioether (sulfide) groups is 1. The topological polar surface area (TPSA) is 85.6 Å². The Morgan fingerprint density at radius 2 is 2.04 bits per heavy atom. The largest absolute Gasteiger partial charge is 0.312 e. The maximum absolute atomic E-state index is 12.5. The molecular formula is C16H18N6OS2. The summed E-state index contributed by atoms with van der Waals surface area (Å²) in [5, 5.41) is 20.7. The molecule has 1 unspecified atom stereocenters. The summed E-state index contributed by atoms with van der Waals surface area (Å²) in [5.74, 6) is -0.109. The Balaban J connectivity index is 1.68. The van der Waals surface area contributed by atoms with Crippen molar-refractivity contribution in [1.29, 1.82) is 0 Å². The highest BCUT2D eigenvalue weighted by Gasteiger charge is 2.21. The highest BCUT2D eigenvalue weighted by atomic mass is 32.2. The molecule has 130 valence electrons. The molecule has 0 radical (unpaired) electrons. The highest BCUT2D eigenvalue weighted by molar-refractivity contribution is 8.00. The minimum atomic E-state index is -0.269. The van der Waals surface area contributed by atoms with E-state index in [9.17, 15) is 4.79 Å². The molecule has 1 N–H and O–H groups in total. The lowest BCUT2D eigenvalue weighted by Crippen LogP contribution is -2.24. The van der Waals surface area contributed by atoms with Crippen LogP contribution < -0.4 is 5.32 Å². The molecule has 25 heavy (non-hydrogen) atoms. The number of carbonyl (C=O) groups is 1. The molecule has 7 nitrogen and oxygen atoms in total. The number of hydrogen-bond donors (Lipinski definition) is 1. The summed E-state index contributed by atoms with van der Waals surface area (Å²) in [6, 6.07) is 8.06. The third-order valence-corrected chi connectivity index (χ3v) is 5.83. The number of amides is 1. The number of benzene rings is 1. The van der Waals surface area contributed by atoms with Crippen LogP contribution in [-0.4, -0.2) is 36.1 Å². The van der Waals surface area contributed by atoms with E-state index >= 15 is 0 Å². The van der Waals surface area contributed by atoms with Gasteiger partial charge in [0.25, 0.3) is 0 Å². The predicted molar refractivity (Wildman–Crippen MR) is 99.7 cm³/mol. The minimum absolute atomic E-state index is 0.109. The molecule has 0 spiro atoms. The molecule has 1 amide bonds. The Morgan fingerprint density at radius 3 is 2.68 bits per heavy atom. The maximum Gasteiger partial charge on any atom is 0.239 e. The lowest BCUT2D eigenvalue weighted by molar-refractivity contribution is -0.115. The Labute approximate surface area is 153 Å². The zero-order chi connectivity index (χ0) is 17.8. The summed E-state index contributed by atoms with van der Waals surface area (Å²) < 4.78 is 1.79. The number of rotatable bonds is 6. The Bertz CT molecular complexity index is 858. The quantitative estimate of drug-likeness (QED) is 0.667. The number of carbonyl (C=O) groups excluding carboxylic acids is 1. The monoisotopic (exact) mass is 374 g/mol. The van der Waals surface area contributed by atoms with Crippen LogP contribution in [0.3, 0.4) is 0 Å². The van der Waals surface area contributed by atoms with E-state index < -0.39 is 0 Å². The van der Waals surface area contributed by atoms with E-state index in [2.05, 4.69) is 25.7 Å².